The van der Waals surface area contributed by atoms with E-state index in [2.05, 4.69) is 15.3 Å². The van der Waals surface area contributed by atoms with E-state index in [0.29, 0.717) is 17.7 Å². The summed E-state index contributed by atoms with van der Waals surface area (Å²) >= 11 is 0. The van der Waals surface area contributed by atoms with E-state index >= 15 is 0 Å². The fourth-order valence-corrected chi connectivity index (χ4v) is 4.52. The first-order valence-electron chi connectivity index (χ1n) is 11.0. The Morgan fingerprint density at radius 2 is 1.85 bits per heavy atom. The summed E-state index contributed by atoms with van der Waals surface area (Å²) in [6.45, 7) is 2.09. The molecule has 6 aromatic rings. The number of rotatable bonds is 5. The van der Waals surface area contributed by atoms with Gasteiger partial charge in [-0.25, -0.2) is 0 Å². The lowest BCUT2D eigenvalue weighted by molar-refractivity contribution is -0.127. The minimum atomic E-state index is -0.693. The van der Waals surface area contributed by atoms with Crippen LogP contribution in [0, 0.1) is 0 Å². The van der Waals surface area contributed by atoms with Crippen LogP contribution < -0.4 is 15.6 Å². The lowest BCUT2D eigenvalue weighted by Crippen LogP contribution is -2.35. The Hall–Kier alpha value is -4.52. The molecular formula is C27H20N4O3. The largest absolute Gasteiger partial charge is 0.481 e. The van der Waals surface area contributed by atoms with Crippen molar-refractivity contribution in [1.29, 1.82) is 0 Å². The van der Waals surface area contributed by atoms with Crippen molar-refractivity contribution in [3.63, 3.8) is 0 Å². The van der Waals surface area contributed by atoms with Crippen molar-refractivity contribution in [2.24, 2.45) is 0 Å². The number of carbonyl (C=O) groups excluding carboxylic acids is 1. The third kappa shape index (κ3) is 3.13. The molecule has 2 aromatic carbocycles. The highest BCUT2D eigenvalue weighted by Crippen LogP contribution is 2.34. The second kappa shape index (κ2) is 7.81. The summed E-state index contributed by atoms with van der Waals surface area (Å²) in [5, 5.41) is 6.13. The maximum Gasteiger partial charge on any atom is 0.263 e. The van der Waals surface area contributed by atoms with E-state index < -0.39 is 6.10 Å². The normalized spacial score (nSPS) is 12.5. The number of ether oxygens (including phenoxy) is 1. The number of hydrogen-bond donors (Lipinski definition) is 1. The predicted octanol–water partition coefficient (Wildman–Crippen LogP) is 4.07. The molecule has 0 unspecified atom stereocenters. The Morgan fingerprint density at radius 1 is 1.00 bits per heavy atom. The zero-order valence-corrected chi connectivity index (χ0v) is 18.4. The lowest BCUT2D eigenvalue weighted by Gasteiger charge is -2.15. The highest BCUT2D eigenvalue weighted by molar-refractivity contribution is 6.18. The topological polar surface area (TPSA) is 85.6 Å². The van der Waals surface area contributed by atoms with E-state index in [1.54, 1.807) is 36.0 Å². The van der Waals surface area contributed by atoms with Crippen LogP contribution >= 0.6 is 0 Å². The van der Waals surface area contributed by atoms with Crippen molar-refractivity contribution in [1.82, 2.24) is 19.7 Å². The number of nitrogens with zero attached hydrogens (tertiary/aromatic N) is 3. The first kappa shape index (κ1) is 20.1. The molecule has 34 heavy (non-hydrogen) atoms. The number of aromatic nitrogens is 3. The second-order valence-corrected chi connectivity index (χ2v) is 8.26. The molecule has 7 heteroatoms. The number of carbonyl (C=O) groups is 1. The molecule has 0 spiro atoms. The molecule has 4 aromatic heterocycles. The van der Waals surface area contributed by atoms with Gasteiger partial charge in [-0.05, 0) is 48.9 Å². The summed E-state index contributed by atoms with van der Waals surface area (Å²) in [5.41, 5.74) is 3.20. The molecule has 0 radical (unpaired) electrons. The Labute approximate surface area is 194 Å². The standard InChI is InChI=1S/C27H20N4O3/c1-16(26(32)30-15-17-5-4-11-28-14-17)34-18-8-9-23-22(13-18)20-10-12-29-24-19-6-2-3-7-21(19)27(33)31(23)25(20)24/h2-14,16H,15H2,1H3,(H,30,32)/t16-/m0/s1. The van der Waals surface area contributed by atoms with Crippen molar-refractivity contribution in [2.45, 2.75) is 19.6 Å². The molecule has 6 rings (SSSR count). The maximum absolute atomic E-state index is 13.4. The number of fused-ring (bicyclic) bond motifs is 5. The van der Waals surface area contributed by atoms with Gasteiger partial charge in [-0.1, -0.05) is 24.3 Å². The van der Waals surface area contributed by atoms with Crippen LogP contribution in [0.1, 0.15) is 12.5 Å². The summed E-state index contributed by atoms with van der Waals surface area (Å²) in [6, 6.07) is 18.7. The number of hydrogen-bond acceptors (Lipinski definition) is 5. The molecule has 0 bridgehead atoms. The molecule has 0 aliphatic carbocycles. The van der Waals surface area contributed by atoms with E-state index in [1.165, 1.54) is 0 Å². The van der Waals surface area contributed by atoms with E-state index in [0.717, 1.165) is 38.3 Å². The third-order valence-corrected chi connectivity index (χ3v) is 6.13. The molecule has 166 valence electrons. The van der Waals surface area contributed by atoms with Gasteiger partial charge in [0.15, 0.2) is 6.10 Å². The Morgan fingerprint density at radius 3 is 2.68 bits per heavy atom. The van der Waals surface area contributed by atoms with Crippen molar-refractivity contribution in [2.75, 3.05) is 0 Å². The van der Waals surface area contributed by atoms with E-state index in [-0.39, 0.29) is 11.5 Å². The number of benzene rings is 2. The first-order chi connectivity index (χ1) is 16.6. The summed E-state index contributed by atoms with van der Waals surface area (Å²) in [6.07, 6.45) is 4.47. The van der Waals surface area contributed by atoms with Crippen molar-refractivity contribution < 1.29 is 9.53 Å². The van der Waals surface area contributed by atoms with Crippen molar-refractivity contribution in [3.8, 4) is 5.75 Å². The average Bonchev–Trinajstić information content (AvgIpc) is 3.21. The zero-order chi connectivity index (χ0) is 23.2. The Bertz CT molecular complexity index is 1740. The molecule has 0 saturated heterocycles. The Kier molecular flexibility index (Phi) is 4.62. The summed E-state index contributed by atoms with van der Waals surface area (Å²) in [7, 11) is 0. The van der Waals surface area contributed by atoms with Gasteiger partial charge >= 0.3 is 0 Å². The van der Waals surface area contributed by atoms with Crippen LogP contribution in [0.3, 0.4) is 0 Å². The number of amides is 1. The van der Waals surface area contributed by atoms with Gasteiger partial charge in [0, 0.05) is 46.7 Å². The van der Waals surface area contributed by atoms with Gasteiger partial charge < -0.3 is 10.1 Å². The monoisotopic (exact) mass is 448 g/mol. The second-order valence-electron chi connectivity index (χ2n) is 8.26. The van der Waals surface area contributed by atoms with Crippen LogP contribution in [-0.4, -0.2) is 26.4 Å². The van der Waals surface area contributed by atoms with Crippen molar-refractivity contribution >= 4 is 44.0 Å². The van der Waals surface area contributed by atoms with Gasteiger partial charge in [-0.2, -0.15) is 0 Å². The lowest BCUT2D eigenvalue weighted by atomic mass is 10.1. The van der Waals surface area contributed by atoms with Crippen LogP contribution in [0.4, 0.5) is 0 Å². The van der Waals surface area contributed by atoms with Gasteiger partial charge in [0.2, 0.25) is 0 Å². The minimum Gasteiger partial charge on any atom is -0.481 e. The van der Waals surface area contributed by atoms with E-state index in [9.17, 15) is 9.59 Å². The Balaban J connectivity index is 1.38. The van der Waals surface area contributed by atoms with Gasteiger partial charge in [0.25, 0.3) is 11.5 Å². The molecule has 4 heterocycles. The van der Waals surface area contributed by atoms with Crippen molar-refractivity contribution in [3.05, 3.63) is 95.2 Å². The van der Waals surface area contributed by atoms with Gasteiger partial charge in [0.1, 0.15) is 5.75 Å². The molecule has 0 saturated carbocycles. The highest BCUT2D eigenvalue weighted by atomic mass is 16.5. The fraction of sp³-hybridized carbons (Fsp3) is 0.111. The predicted molar refractivity (Wildman–Crippen MR) is 131 cm³/mol. The molecule has 0 aliphatic rings. The smallest absolute Gasteiger partial charge is 0.263 e. The van der Waals surface area contributed by atoms with Crippen LogP contribution in [0.2, 0.25) is 0 Å². The molecule has 7 nitrogen and oxygen atoms in total. The van der Waals surface area contributed by atoms with E-state index in [4.69, 9.17) is 4.74 Å². The summed E-state index contributed by atoms with van der Waals surface area (Å²) in [5.74, 6) is 0.333. The maximum atomic E-state index is 13.4. The molecular weight excluding hydrogens is 428 g/mol. The fourth-order valence-electron chi connectivity index (χ4n) is 4.52. The molecule has 1 amide bonds. The highest BCUT2D eigenvalue weighted by Gasteiger charge is 2.19. The zero-order valence-electron chi connectivity index (χ0n) is 18.4. The third-order valence-electron chi connectivity index (χ3n) is 6.13. The first-order valence-corrected chi connectivity index (χ1v) is 11.0. The van der Waals surface area contributed by atoms with Crippen LogP contribution in [0.25, 0.3) is 38.1 Å². The van der Waals surface area contributed by atoms with Crippen LogP contribution in [0.15, 0.2) is 84.0 Å². The molecule has 1 atom stereocenters. The average molecular weight is 448 g/mol. The summed E-state index contributed by atoms with van der Waals surface area (Å²) in [4.78, 5) is 34.6. The molecule has 0 fully saturated rings. The van der Waals surface area contributed by atoms with Crippen LogP contribution in [0.5, 0.6) is 5.75 Å². The molecule has 1 N–H and O–H groups in total. The minimum absolute atomic E-state index is 0.0760. The van der Waals surface area contributed by atoms with Gasteiger partial charge in [-0.15, -0.1) is 0 Å². The van der Waals surface area contributed by atoms with Crippen LogP contribution in [-0.2, 0) is 11.3 Å². The quantitative estimate of drug-likeness (QED) is 0.402. The SMILES string of the molecule is C[C@H](Oc1ccc2c(c1)c1ccnc3c4ccccc4c(=O)n2c13)C(=O)NCc1cccnc1. The van der Waals surface area contributed by atoms with Gasteiger partial charge in [-0.3, -0.25) is 24.0 Å². The number of pyridine rings is 3. The van der Waals surface area contributed by atoms with Gasteiger partial charge in [0.05, 0.1) is 16.6 Å². The number of nitrogens with one attached hydrogen (secondary N) is 1. The summed E-state index contributed by atoms with van der Waals surface area (Å²) < 4.78 is 7.69. The van der Waals surface area contributed by atoms with E-state index in [1.807, 2.05) is 54.6 Å². The molecule has 0 aliphatic heterocycles.